The fraction of sp³-hybridized carbons (Fsp3) is 0.500. The zero-order valence-electron chi connectivity index (χ0n) is 10.2. The summed E-state index contributed by atoms with van der Waals surface area (Å²) >= 11 is 1.45. The number of thiophene rings is 1. The maximum absolute atomic E-state index is 11.0. The standard InChI is InChI=1S/C14H18O2S/c1-2-3-6-10-7-4-5-8-12-11(10)9-13(17-12)14(15)16/h6,9H,2-5,7-8H2,1H3,(H,15,16)/b10-6+. The van der Waals surface area contributed by atoms with Crippen molar-refractivity contribution in [1.29, 1.82) is 0 Å². The topological polar surface area (TPSA) is 37.3 Å². The van der Waals surface area contributed by atoms with Crippen molar-refractivity contribution >= 4 is 22.9 Å². The van der Waals surface area contributed by atoms with Gasteiger partial charge in [0.25, 0.3) is 0 Å². The molecular formula is C14H18O2S. The molecule has 0 radical (unpaired) electrons. The van der Waals surface area contributed by atoms with Gasteiger partial charge in [0.1, 0.15) is 4.88 Å². The van der Waals surface area contributed by atoms with Gasteiger partial charge in [-0.15, -0.1) is 11.3 Å². The number of allylic oxidation sites excluding steroid dienone is 2. The number of aromatic carboxylic acids is 1. The van der Waals surface area contributed by atoms with Crippen molar-refractivity contribution in [3.63, 3.8) is 0 Å². The second-order valence-electron chi connectivity index (χ2n) is 4.48. The summed E-state index contributed by atoms with van der Waals surface area (Å²) in [7, 11) is 0. The minimum atomic E-state index is -0.794. The lowest BCUT2D eigenvalue weighted by atomic mass is 10.0. The second-order valence-corrected chi connectivity index (χ2v) is 5.61. The molecule has 2 rings (SSSR count). The molecule has 1 aliphatic rings. The first kappa shape index (κ1) is 12.4. The van der Waals surface area contributed by atoms with Crippen LogP contribution < -0.4 is 0 Å². The summed E-state index contributed by atoms with van der Waals surface area (Å²) in [5, 5.41) is 9.06. The van der Waals surface area contributed by atoms with Gasteiger partial charge in [0.05, 0.1) is 0 Å². The molecule has 0 saturated carbocycles. The van der Waals surface area contributed by atoms with Gasteiger partial charge in [0.2, 0.25) is 0 Å². The van der Waals surface area contributed by atoms with Gasteiger partial charge >= 0.3 is 5.97 Å². The first-order valence-corrected chi connectivity index (χ1v) is 7.09. The van der Waals surface area contributed by atoms with Crippen LogP contribution in [0.5, 0.6) is 0 Å². The molecule has 0 atom stereocenters. The Labute approximate surface area is 106 Å². The molecule has 0 fully saturated rings. The minimum Gasteiger partial charge on any atom is -0.477 e. The molecule has 1 aromatic rings. The molecule has 3 heteroatoms. The van der Waals surface area contributed by atoms with Gasteiger partial charge in [-0.3, -0.25) is 0 Å². The second kappa shape index (κ2) is 5.50. The van der Waals surface area contributed by atoms with Crippen molar-refractivity contribution in [3.05, 3.63) is 27.5 Å². The van der Waals surface area contributed by atoms with E-state index >= 15 is 0 Å². The largest absolute Gasteiger partial charge is 0.477 e. The average Bonchev–Trinajstić information content (AvgIpc) is 2.64. The van der Waals surface area contributed by atoms with Gasteiger partial charge in [-0.1, -0.05) is 19.4 Å². The first-order valence-electron chi connectivity index (χ1n) is 6.27. The SMILES string of the molecule is CCC/C=C1\CCCCc2sc(C(=O)O)cc21. The lowest BCUT2D eigenvalue weighted by molar-refractivity contribution is 0.0702. The number of carbonyl (C=O) groups is 1. The molecule has 0 aromatic carbocycles. The zero-order valence-corrected chi connectivity index (χ0v) is 11.0. The lowest BCUT2D eigenvalue weighted by Gasteiger charge is -2.03. The Bertz CT molecular complexity index is 443. The number of unbranched alkanes of at least 4 members (excludes halogenated alkanes) is 1. The highest BCUT2D eigenvalue weighted by molar-refractivity contribution is 7.14. The van der Waals surface area contributed by atoms with E-state index in [1.807, 2.05) is 6.07 Å². The molecular weight excluding hydrogens is 232 g/mol. The predicted octanol–water partition coefficient (Wildman–Crippen LogP) is 4.36. The molecule has 92 valence electrons. The van der Waals surface area contributed by atoms with Gasteiger partial charge < -0.3 is 5.11 Å². The predicted molar refractivity (Wildman–Crippen MR) is 71.7 cm³/mol. The molecule has 17 heavy (non-hydrogen) atoms. The van der Waals surface area contributed by atoms with E-state index in [1.54, 1.807) is 0 Å². The molecule has 0 unspecified atom stereocenters. The Morgan fingerprint density at radius 2 is 2.24 bits per heavy atom. The maximum Gasteiger partial charge on any atom is 0.345 e. The fourth-order valence-electron chi connectivity index (χ4n) is 2.26. The van der Waals surface area contributed by atoms with Crippen molar-refractivity contribution in [2.24, 2.45) is 0 Å². The van der Waals surface area contributed by atoms with Crippen molar-refractivity contribution in [2.75, 3.05) is 0 Å². The third-order valence-electron chi connectivity index (χ3n) is 3.15. The molecule has 1 aliphatic carbocycles. The molecule has 1 aromatic heterocycles. The normalized spacial score (nSPS) is 17.8. The summed E-state index contributed by atoms with van der Waals surface area (Å²) in [4.78, 5) is 12.8. The number of carboxylic acids is 1. The van der Waals surface area contributed by atoms with Crippen LogP contribution in [0.2, 0.25) is 0 Å². The molecule has 0 aliphatic heterocycles. The van der Waals surface area contributed by atoms with Gasteiger partial charge in [0.15, 0.2) is 0 Å². The number of carboxylic acid groups (broad SMARTS) is 1. The van der Waals surface area contributed by atoms with Gasteiger partial charge in [-0.25, -0.2) is 4.79 Å². The molecule has 2 nitrogen and oxygen atoms in total. The van der Waals surface area contributed by atoms with Crippen LogP contribution in [0.3, 0.4) is 0 Å². The van der Waals surface area contributed by atoms with E-state index in [-0.39, 0.29) is 0 Å². The van der Waals surface area contributed by atoms with Crippen LogP contribution in [0.4, 0.5) is 0 Å². The van der Waals surface area contributed by atoms with Crippen LogP contribution in [-0.2, 0) is 6.42 Å². The molecule has 0 amide bonds. The maximum atomic E-state index is 11.0. The molecule has 1 N–H and O–H groups in total. The Morgan fingerprint density at radius 1 is 1.47 bits per heavy atom. The van der Waals surface area contributed by atoms with Crippen LogP contribution in [0.1, 0.15) is 59.1 Å². The Balaban J connectivity index is 2.37. The lowest BCUT2D eigenvalue weighted by Crippen LogP contribution is -1.90. The smallest absolute Gasteiger partial charge is 0.345 e. The van der Waals surface area contributed by atoms with Crippen molar-refractivity contribution in [3.8, 4) is 0 Å². The highest BCUT2D eigenvalue weighted by Gasteiger charge is 2.18. The van der Waals surface area contributed by atoms with Crippen molar-refractivity contribution < 1.29 is 9.90 Å². The average molecular weight is 250 g/mol. The summed E-state index contributed by atoms with van der Waals surface area (Å²) in [5.41, 5.74) is 2.57. The highest BCUT2D eigenvalue weighted by Crippen LogP contribution is 2.35. The highest BCUT2D eigenvalue weighted by atomic mass is 32.1. The van der Waals surface area contributed by atoms with E-state index in [4.69, 9.17) is 5.11 Å². The molecule has 0 bridgehead atoms. The van der Waals surface area contributed by atoms with E-state index < -0.39 is 5.97 Å². The van der Waals surface area contributed by atoms with Crippen molar-refractivity contribution in [1.82, 2.24) is 0 Å². The Hall–Kier alpha value is -1.09. The monoisotopic (exact) mass is 250 g/mol. The summed E-state index contributed by atoms with van der Waals surface area (Å²) < 4.78 is 0. The fourth-order valence-corrected chi connectivity index (χ4v) is 3.33. The number of rotatable bonds is 3. The zero-order chi connectivity index (χ0) is 12.3. The number of hydrogen-bond donors (Lipinski definition) is 1. The summed E-state index contributed by atoms with van der Waals surface area (Å²) in [6, 6.07) is 1.87. The first-order chi connectivity index (χ1) is 8.22. The van der Waals surface area contributed by atoms with E-state index in [0.29, 0.717) is 4.88 Å². The van der Waals surface area contributed by atoms with E-state index in [1.165, 1.54) is 40.2 Å². The summed E-state index contributed by atoms with van der Waals surface area (Å²) in [5.74, 6) is -0.794. The number of fused-ring (bicyclic) bond motifs is 1. The van der Waals surface area contributed by atoms with Gasteiger partial charge in [0, 0.05) is 4.88 Å². The van der Waals surface area contributed by atoms with E-state index in [0.717, 1.165) is 25.7 Å². The van der Waals surface area contributed by atoms with Gasteiger partial charge in [-0.2, -0.15) is 0 Å². The Kier molecular flexibility index (Phi) is 4.00. The van der Waals surface area contributed by atoms with Crippen LogP contribution in [0.25, 0.3) is 5.57 Å². The van der Waals surface area contributed by atoms with Crippen molar-refractivity contribution in [2.45, 2.75) is 45.4 Å². The van der Waals surface area contributed by atoms with Gasteiger partial charge in [-0.05, 0) is 49.3 Å². The van der Waals surface area contributed by atoms with Crippen LogP contribution in [0.15, 0.2) is 12.1 Å². The minimum absolute atomic E-state index is 0.485. The van der Waals surface area contributed by atoms with Crippen LogP contribution in [0, 0.1) is 0 Å². The molecule has 1 heterocycles. The quantitative estimate of drug-likeness (QED) is 0.809. The van der Waals surface area contributed by atoms with E-state index in [9.17, 15) is 4.79 Å². The third-order valence-corrected chi connectivity index (χ3v) is 4.33. The number of aryl methyl sites for hydroxylation is 1. The summed E-state index contributed by atoms with van der Waals surface area (Å²) in [6.45, 7) is 2.17. The molecule has 0 spiro atoms. The van der Waals surface area contributed by atoms with E-state index in [2.05, 4.69) is 13.0 Å². The Morgan fingerprint density at radius 3 is 2.94 bits per heavy atom. The van der Waals surface area contributed by atoms with Crippen LogP contribution in [-0.4, -0.2) is 11.1 Å². The van der Waals surface area contributed by atoms with Crippen LogP contribution >= 0.6 is 11.3 Å². The number of hydrogen-bond acceptors (Lipinski definition) is 2. The third kappa shape index (κ3) is 2.78. The molecule has 0 saturated heterocycles. The summed E-state index contributed by atoms with van der Waals surface area (Å²) in [6.07, 6.45) is 9.07.